The van der Waals surface area contributed by atoms with Crippen molar-refractivity contribution >= 4 is 17.6 Å². The Morgan fingerprint density at radius 2 is 2.05 bits per heavy atom. The predicted molar refractivity (Wildman–Crippen MR) is 73.1 cm³/mol. The fourth-order valence-electron chi connectivity index (χ4n) is 1.54. The molecule has 8 nitrogen and oxygen atoms in total. The molecule has 114 valence electrons. The van der Waals surface area contributed by atoms with E-state index in [4.69, 9.17) is 9.84 Å². The maximum Gasteiger partial charge on any atom is 0.326 e. The van der Waals surface area contributed by atoms with Gasteiger partial charge in [-0.25, -0.2) is 4.79 Å². The molecule has 0 aliphatic carbocycles. The highest BCUT2D eigenvalue weighted by molar-refractivity contribution is 5.83. The van der Waals surface area contributed by atoms with E-state index < -0.39 is 22.8 Å². The van der Waals surface area contributed by atoms with Gasteiger partial charge in [0.05, 0.1) is 18.0 Å². The molecule has 0 fully saturated rings. The highest BCUT2D eigenvalue weighted by Gasteiger charge is 2.21. The molecule has 0 radical (unpaired) electrons. The number of amides is 1. The lowest BCUT2D eigenvalue weighted by atomic mass is 10.2. The van der Waals surface area contributed by atoms with Crippen molar-refractivity contribution in [1.29, 1.82) is 0 Å². The number of carbonyl (C=O) groups excluding carboxylic acids is 1. The maximum atomic E-state index is 11.7. The molecule has 1 aromatic rings. The summed E-state index contributed by atoms with van der Waals surface area (Å²) in [7, 11) is 1.38. The number of carboxylic acid groups (broad SMARTS) is 1. The number of nitro groups is 1. The number of aliphatic carboxylic acids is 1. The van der Waals surface area contributed by atoms with Gasteiger partial charge in [-0.1, -0.05) is 12.1 Å². The van der Waals surface area contributed by atoms with Crippen molar-refractivity contribution in [2.75, 3.05) is 13.7 Å². The van der Waals surface area contributed by atoms with E-state index >= 15 is 0 Å². The Hall–Kier alpha value is -2.64. The molecule has 0 heterocycles. The van der Waals surface area contributed by atoms with E-state index in [2.05, 4.69) is 0 Å². The van der Waals surface area contributed by atoms with Gasteiger partial charge in [0.1, 0.15) is 6.04 Å². The lowest BCUT2D eigenvalue weighted by Gasteiger charge is -2.21. The van der Waals surface area contributed by atoms with Crippen molar-refractivity contribution < 1.29 is 24.4 Å². The molecule has 0 aliphatic rings. The van der Waals surface area contributed by atoms with Crippen LogP contribution in [0.15, 0.2) is 24.3 Å². The van der Waals surface area contributed by atoms with Crippen LogP contribution >= 0.6 is 0 Å². The van der Waals surface area contributed by atoms with Crippen LogP contribution in [0.4, 0.5) is 5.69 Å². The zero-order valence-corrected chi connectivity index (χ0v) is 11.7. The average molecular weight is 296 g/mol. The minimum absolute atomic E-state index is 0.0691. The fourth-order valence-corrected chi connectivity index (χ4v) is 1.54. The second-order valence-corrected chi connectivity index (χ2v) is 4.34. The summed E-state index contributed by atoms with van der Waals surface area (Å²) >= 11 is 0. The molecule has 21 heavy (non-hydrogen) atoms. The molecular weight excluding hydrogens is 280 g/mol. The topological polar surface area (TPSA) is 110 Å². The number of rotatable bonds is 7. The van der Waals surface area contributed by atoms with Gasteiger partial charge in [-0.3, -0.25) is 14.9 Å². The second-order valence-electron chi connectivity index (χ2n) is 4.34. The summed E-state index contributed by atoms with van der Waals surface area (Å²) in [5.41, 5.74) is -0.183. The summed E-state index contributed by atoms with van der Waals surface area (Å²) in [5, 5.41) is 19.6. The van der Waals surface area contributed by atoms with Crippen molar-refractivity contribution in [3.8, 4) is 5.75 Å². The lowest BCUT2D eigenvalue weighted by Crippen LogP contribution is -2.40. The van der Waals surface area contributed by atoms with Gasteiger partial charge < -0.3 is 14.7 Å². The summed E-state index contributed by atoms with van der Waals surface area (Å²) in [6.45, 7) is 1.32. The number of hydrogen-bond acceptors (Lipinski definition) is 5. The van der Waals surface area contributed by atoms with Crippen molar-refractivity contribution in [2.24, 2.45) is 0 Å². The molecule has 0 saturated carbocycles. The van der Waals surface area contributed by atoms with Gasteiger partial charge in [-0.15, -0.1) is 0 Å². The molecule has 1 rings (SSSR count). The first-order valence-electron chi connectivity index (χ1n) is 6.19. The van der Waals surface area contributed by atoms with E-state index in [-0.39, 0.29) is 24.5 Å². The minimum atomic E-state index is -1.11. The number of carbonyl (C=O) groups is 2. The molecule has 0 spiro atoms. The van der Waals surface area contributed by atoms with E-state index in [1.807, 2.05) is 0 Å². The largest absolute Gasteiger partial charge is 0.486 e. The Bertz CT molecular complexity index is 545. The Labute approximate surface area is 121 Å². The average Bonchev–Trinajstić information content (AvgIpc) is 2.45. The third kappa shape index (κ3) is 4.44. The Morgan fingerprint density at radius 1 is 1.43 bits per heavy atom. The first kappa shape index (κ1) is 16.4. The highest BCUT2D eigenvalue weighted by atomic mass is 16.6. The minimum Gasteiger partial charge on any atom is -0.486 e. The van der Waals surface area contributed by atoms with Gasteiger partial charge in [0.2, 0.25) is 5.91 Å². The van der Waals surface area contributed by atoms with Crippen LogP contribution in [0.3, 0.4) is 0 Å². The van der Waals surface area contributed by atoms with Gasteiger partial charge in [0, 0.05) is 13.1 Å². The smallest absolute Gasteiger partial charge is 0.326 e. The lowest BCUT2D eigenvalue weighted by molar-refractivity contribution is -0.385. The van der Waals surface area contributed by atoms with E-state index in [1.165, 1.54) is 32.2 Å². The Balaban J connectivity index is 2.56. The monoisotopic (exact) mass is 296 g/mol. The summed E-state index contributed by atoms with van der Waals surface area (Å²) in [4.78, 5) is 33.8. The van der Waals surface area contributed by atoms with Gasteiger partial charge in [0.15, 0.2) is 5.75 Å². The number of benzene rings is 1. The summed E-state index contributed by atoms with van der Waals surface area (Å²) in [6.07, 6.45) is -0.0693. The number of carboxylic acids is 1. The molecular formula is C13H16N2O6. The van der Waals surface area contributed by atoms with Crippen LogP contribution in [0.25, 0.3) is 0 Å². The van der Waals surface area contributed by atoms with Gasteiger partial charge in [-0.2, -0.15) is 0 Å². The van der Waals surface area contributed by atoms with Gasteiger partial charge in [-0.05, 0) is 13.0 Å². The van der Waals surface area contributed by atoms with Crippen LogP contribution < -0.4 is 4.74 Å². The third-order valence-corrected chi connectivity index (χ3v) is 2.97. The molecule has 1 atom stereocenters. The summed E-state index contributed by atoms with van der Waals surface area (Å²) in [6, 6.07) is 4.90. The van der Waals surface area contributed by atoms with Crippen molar-refractivity contribution in [3.63, 3.8) is 0 Å². The molecule has 1 N–H and O–H groups in total. The Kier molecular flexibility index (Phi) is 5.65. The van der Waals surface area contributed by atoms with Crippen molar-refractivity contribution in [2.45, 2.75) is 19.4 Å². The number of ether oxygens (including phenoxy) is 1. The SMILES string of the molecule is CC(C(=O)O)N(C)C(=O)CCOc1ccccc1[N+](=O)[O-]. The van der Waals surface area contributed by atoms with Crippen LogP contribution in [-0.4, -0.2) is 46.5 Å². The van der Waals surface area contributed by atoms with Crippen LogP contribution in [0.5, 0.6) is 5.75 Å². The zero-order chi connectivity index (χ0) is 16.0. The standard InChI is InChI=1S/C13H16N2O6/c1-9(13(17)18)14(2)12(16)7-8-21-11-6-4-3-5-10(11)15(19)20/h3-6,9H,7-8H2,1-2H3,(H,17,18). The molecule has 1 aromatic carbocycles. The van der Waals surface area contributed by atoms with E-state index in [0.29, 0.717) is 0 Å². The summed E-state index contributed by atoms with van der Waals surface area (Å²) in [5.74, 6) is -1.45. The molecule has 0 bridgehead atoms. The van der Waals surface area contributed by atoms with Crippen LogP contribution in [0, 0.1) is 10.1 Å². The number of para-hydroxylation sites is 2. The first-order valence-corrected chi connectivity index (χ1v) is 6.19. The normalized spacial score (nSPS) is 11.5. The maximum absolute atomic E-state index is 11.7. The summed E-state index contributed by atoms with van der Waals surface area (Å²) < 4.78 is 5.22. The van der Waals surface area contributed by atoms with Crippen molar-refractivity contribution in [3.05, 3.63) is 34.4 Å². The number of hydrogen-bond donors (Lipinski definition) is 1. The Morgan fingerprint density at radius 3 is 2.62 bits per heavy atom. The van der Waals surface area contributed by atoms with E-state index in [1.54, 1.807) is 6.07 Å². The molecule has 8 heteroatoms. The van der Waals surface area contributed by atoms with Crippen LogP contribution in [0.1, 0.15) is 13.3 Å². The number of likely N-dealkylation sites (N-methyl/N-ethyl adjacent to an activating group) is 1. The highest BCUT2D eigenvalue weighted by Crippen LogP contribution is 2.25. The molecule has 0 saturated heterocycles. The molecule has 1 amide bonds. The zero-order valence-electron chi connectivity index (χ0n) is 11.7. The quantitative estimate of drug-likeness (QED) is 0.599. The third-order valence-electron chi connectivity index (χ3n) is 2.97. The van der Waals surface area contributed by atoms with Crippen LogP contribution in [0.2, 0.25) is 0 Å². The molecule has 0 aliphatic heterocycles. The van der Waals surface area contributed by atoms with Crippen LogP contribution in [-0.2, 0) is 9.59 Å². The number of nitrogens with zero attached hydrogens (tertiary/aromatic N) is 2. The van der Waals surface area contributed by atoms with Gasteiger partial charge >= 0.3 is 11.7 Å². The van der Waals surface area contributed by atoms with E-state index in [0.717, 1.165) is 4.90 Å². The number of nitro benzene ring substituents is 1. The first-order chi connectivity index (χ1) is 9.84. The predicted octanol–water partition coefficient (Wildman–Crippen LogP) is 1.30. The van der Waals surface area contributed by atoms with E-state index in [9.17, 15) is 19.7 Å². The fraction of sp³-hybridized carbons (Fsp3) is 0.385. The molecule has 1 unspecified atom stereocenters. The second kappa shape index (κ2) is 7.22. The molecule has 0 aromatic heterocycles. The van der Waals surface area contributed by atoms with Gasteiger partial charge in [0.25, 0.3) is 0 Å². The van der Waals surface area contributed by atoms with Crippen molar-refractivity contribution in [1.82, 2.24) is 4.90 Å².